The Morgan fingerprint density at radius 3 is 2.57 bits per heavy atom. The lowest BCUT2D eigenvalue weighted by molar-refractivity contribution is 1.09. The minimum absolute atomic E-state index is 1.04. The predicted octanol–water partition coefficient (Wildman–Crippen LogP) is 7.20. The fourth-order valence-corrected chi connectivity index (χ4v) is 5.00. The van der Waals surface area contributed by atoms with E-state index < -0.39 is 0 Å². The lowest BCUT2D eigenvalue weighted by Crippen LogP contribution is -1.95. The molecule has 0 unspecified atom stereocenters. The first-order valence-corrected chi connectivity index (χ1v) is 10.5. The van der Waals surface area contributed by atoms with Crippen molar-refractivity contribution in [1.29, 1.82) is 0 Å². The minimum Gasteiger partial charge on any atom is -0.309 e. The molecule has 0 amide bonds. The average molecular weight is 379 g/mol. The van der Waals surface area contributed by atoms with Gasteiger partial charge in [0.1, 0.15) is 0 Å². The molecule has 0 spiro atoms. The summed E-state index contributed by atoms with van der Waals surface area (Å²) in [5, 5.41) is 6.09. The van der Waals surface area contributed by atoms with Crippen LogP contribution in [0, 0.1) is 0 Å². The molecule has 0 bridgehead atoms. The molecule has 0 atom stereocenters. The number of benzene rings is 3. The maximum Gasteiger partial charge on any atom is 0.0658 e. The highest BCUT2D eigenvalue weighted by Gasteiger charge is 2.13. The van der Waals surface area contributed by atoms with Gasteiger partial charge in [0.25, 0.3) is 0 Å². The van der Waals surface area contributed by atoms with Crippen molar-refractivity contribution in [3.63, 3.8) is 0 Å². The van der Waals surface area contributed by atoms with Crippen molar-refractivity contribution < 1.29 is 0 Å². The van der Waals surface area contributed by atoms with E-state index in [2.05, 4.69) is 87.7 Å². The molecule has 2 nitrogen and oxygen atoms in total. The molecule has 0 aliphatic carbocycles. The van der Waals surface area contributed by atoms with Crippen LogP contribution < -0.4 is 0 Å². The van der Waals surface area contributed by atoms with Gasteiger partial charge in [-0.25, -0.2) is 0 Å². The number of rotatable bonds is 2. The zero-order valence-electron chi connectivity index (χ0n) is 15.3. The predicted molar refractivity (Wildman–Crippen MR) is 122 cm³/mol. The summed E-state index contributed by atoms with van der Waals surface area (Å²) in [6.07, 6.45) is 6.36. The van der Waals surface area contributed by atoms with Crippen LogP contribution in [0.4, 0.5) is 0 Å². The van der Waals surface area contributed by atoms with E-state index in [1.54, 1.807) is 11.3 Å². The number of allylic oxidation sites excluding steroid dienone is 1. The summed E-state index contributed by atoms with van der Waals surface area (Å²) in [6, 6.07) is 24.4. The number of fused-ring (bicyclic) bond motifs is 4. The summed E-state index contributed by atoms with van der Waals surface area (Å²) in [7, 11) is 0. The fourth-order valence-electron chi connectivity index (χ4n) is 4.19. The summed E-state index contributed by atoms with van der Waals surface area (Å²) in [4.78, 5) is 4.55. The van der Waals surface area contributed by atoms with Crippen molar-refractivity contribution in [3.05, 3.63) is 83.7 Å². The van der Waals surface area contributed by atoms with Crippen LogP contribution in [-0.2, 0) is 0 Å². The molecular weight excluding hydrogens is 360 g/mol. The van der Waals surface area contributed by atoms with E-state index in [9.17, 15) is 0 Å². The first-order valence-electron chi connectivity index (χ1n) is 9.62. The number of para-hydroxylation sites is 1. The number of thiophene rings is 1. The van der Waals surface area contributed by atoms with E-state index in [1.165, 1.54) is 43.1 Å². The quantitative estimate of drug-likeness (QED) is 0.309. The molecule has 0 N–H and O–H groups in total. The van der Waals surface area contributed by atoms with E-state index in [1.807, 2.05) is 6.21 Å². The lowest BCUT2D eigenvalue weighted by Gasteiger charge is -2.10. The van der Waals surface area contributed by atoms with E-state index in [-0.39, 0.29) is 0 Å². The summed E-state index contributed by atoms with van der Waals surface area (Å²) in [5.74, 6) is 0. The second-order valence-corrected chi connectivity index (χ2v) is 8.15. The molecule has 6 rings (SSSR count). The van der Waals surface area contributed by atoms with Crippen molar-refractivity contribution >= 4 is 55.1 Å². The fraction of sp³-hybridized carbons (Fsp3) is 0.0800. The topological polar surface area (TPSA) is 17.3 Å². The molecular formula is C25H18N2S. The van der Waals surface area contributed by atoms with Crippen molar-refractivity contribution in [2.45, 2.75) is 12.8 Å². The van der Waals surface area contributed by atoms with Crippen molar-refractivity contribution in [1.82, 2.24) is 4.57 Å². The maximum atomic E-state index is 4.55. The molecule has 0 fully saturated rings. The van der Waals surface area contributed by atoms with E-state index >= 15 is 0 Å². The Labute approximate surface area is 167 Å². The zero-order chi connectivity index (χ0) is 18.5. The molecule has 1 aliphatic heterocycles. The third-order valence-electron chi connectivity index (χ3n) is 5.53. The van der Waals surface area contributed by atoms with Crippen LogP contribution >= 0.6 is 11.3 Å². The molecule has 2 aromatic heterocycles. The third kappa shape index (κ3) is 2.36. The van der Waals surface area contributed by atoms with Gasteiger partial charge in [0.05, 0.1) is 16.7 Å². The Hall–Kier alpha value is -3.17. The van der Waals surface area contributed by atoms with Gasteiger partial charge in [-0.1, -0.05) is 36.4 Å². The van der Waals surface area contributed by atoms with E-state index in [0.29, 0.717) is 0 Å². The Morgan fingerprint density at radius 1 is 0.821 bits per heavy atom. The maximum absolute atomic E-state index is 4.55. The number of nitrogens with zero attached hydrogens (tertiary/aromatic N) is 2. The lowest BCUT2D eigenvalue weighted by atomic mass is 10.1. The standard InChI is InChI=1S/C25H18N2S/c1-2-7-23-20(5-1)21-16-25-18(12-14-28-25)15-24(21)27(23)19-10-8-17(9-11-19)22-6-3-4-13-26-22/h1-2,5-16H,3-4H2. The Balaban J connectivity index is 1.60. The SMILES string of the molecule is C1=NC(c2ccc(-n3c4ccccc4c4cc5sccc5cc43)cc2)=CCC1. The van der Waals surface area contributed by atoms with Crippen LogP contribution in [0.25, 0.3) is 43.3 Å². The van der Waals surface area contributed by atoms with E-state index in [4.69, 9.17) is 0 Å². The van der Waals surface area contributed by atoms with Gasteiger partial charge in [0, 0.05) is 27.4 Å². The molecule has 134 valence electrons. The van der Waals surface area contributed by atoms with E-state index in [0.717, 1.165) is 18.5 Å². The zero-order valence-corrected chi connectivity index (χ0v) is 16.1. The van der Waals surface area contributed by atoms with Gasteiger partial charge in [-0.05, 0) is 65.6 Å². The van der Waals surface area contributed by atoms with Gasteiger partial charge < -0.3 is 4.57 Å². The highest BCUT2D eigenvalue weighted by molar-refractivity contribution is 7.17. The average Bonchev–Trinajstić information content (AvgIpc) is 3.35. The molecule has 5 aromatic rings. The number of aromatic nitrogens is 1. The smallest absolute Gasteiger partial charge is 0.0658 e. The van der Waals surface area contributed by atoms with Gasteiger partial charge in [-0.15, -0.1) is 11.3 Å². The highest BCUT2D eigenvalue weighted by Crippen LogP contribution is 2.36. The van der Waals surface area contributed by atoms with Crippen LogP contribution in [-0.4, -0.2) is 10.8 Å². The summed E-state index contributed by atoms with van der Waals surface area (Å²) in [5.41, 5.74) is 5.96. The first-order chi connectivity index (χ1) is 13.9. The first kappa shape index (κ1) is 15.8. The number of aliphatic imine (C=N–C) groups is 1. The molecule has 0 saturated heterocycles. The molecule has 1 aliphatic rings. The Bertz CT molecular complexity index is 1400. The second kappa shape index (κ2) is 6.18. The van der Waals surface area contributed by atoms with Gasteiger partial charge in [0.15, 0.2) is 0 Å². The highest BCUT2D eigenvalue weighted by atomic mass is 32.1. The van der Waals surface area contributed by atoms with Crippen molar-refractivity contribution in [2.75, 3.05) is 0 Å². The Kier molecular flexibility index (Phi) is 3.50. The largest absolute Gasteiger partial charge is 0.309 e. The van der Waals surface area contributed by atoms with Crippen LogP contribution in [0.2, 0.25) is 0 Å². The number of hydrogen-bond acceptors (Lipinski definition) is 2. The molecule has 0 saturated carbocycles. The van der Waals surface area contributed by atoms with Gasteiger partial charge in [-0.2, -0.15) is 0 Å². The van der Waals surface area contributed by atoms with Crippen LogP contribution in [0.3, 0.4) is 0 Å². The normalized spacial score (nSPS) is 14.2. The van der Waals surface area contributed by atoms with Gasteiger partial charge in [-0.3, -0.25) is 4.99 Å². The molecule has 28 heavy (non-hydrogen) atoms. The summed E-state index contributed by atoms with van der Waals surface area (Å²) >= 11 is 1.80. The van der Waals surface area contributed by atoms with Crippen molar-refractivity contribution in [2.24, 2.45) is 4.99 Å². The molecule has 3 heterocycles. The van der Waals surface area contributed by atoms with Gasteiger partial charge in [0.2, 0.25) is 0 Å². The number of hydrogen-bond donors (Lipinski definition) is 0. The van der Waals surface area contributed by atoms with Crippen LogP contribution in [0.5, 0.6) is 0 Å². The second-order valence-electron chi connectivity index (χ2n) is 7.21. The van der Waals surface area contributed by atoms with Crippen LogP contribution in [0.15, 0.2) is 83.2 Å². The summed E-state index contributed by atoms with van der Waals surface area (Å²) < 4.78 is 3.72. The monoisotopic (exact) mass is 378 g/mol. The van der Waals surface area contributed by atoms with Crippen LogP contribution in [0.1, 0.15) is 18.4 Å². The minimum atomic E-state index is 1.04. The molecule has 3 heteroatoms. The third-order valence-corrected chi connectivity index (χ3v) is 6.41. The Morgan fingerprint density at radius 2 is 1.71 bits per heavy atom. The van der Waals surface area contributed by atoms with Crippen molar-refractivity contribution in [3.8, 4) is 5.69 Å². The van der Waals surface area contributed by atoms with Gasteiger partial charge >= 0.3 is 0 Å². The molecule has 0 radical (unpaired) electrons. The summed E-state index contributed by atoms with van der Waals surface area (Å²) in [6.45, 7) is 0. The molecule has 3 aromatic carbocycles.